The van der Waals surface area contributed by atoms with Gasteiger partial charge in [0.25, 0.3) is 5.69 Å². The summed E-state index contributed by atoms with van der Waals surface area (Å²) in [5.74, 6) is -0.381. The highest BCUT2D eigenvalue weighted by atomic mass is 32.2. The number of hydrogen-bond acceptors (Lipinski definition) is 7. The predicted octanol–water partition coefficient (Wildman–Crippen LogP) is 2.69. The Morgan fingerprint density at radius 2 is 1.83 bits per heavy atom. The van der Waals surface area contributed by atoms with Crippen LogP contribution in [0.15, 0.2) is 53.4 Å². The standard InChI is InChI=1S/C20H23N3O6S/c1-14-12-22(13-15(2)29-14)30(27,28)17-7-5-6-16(10-17)20(24)11-21-18-8-3-4-9-19(18)23(25)26/h3-10,14-15,21H,11-13H2,1-2H3. The molecule has 0 amide bonds. The number of benzene rings is 2. The molecule has 2 aromatic rings. The zero-order chi connectivity index (χ0) is 21.9. The number of Topliss-reactive ketones (excluding diaryl/α,β-unsaturated/α-hetero) is 1. The third kappa shape index (κ3) is 4.84. The van der Waals surface area contributed by atoms with Gasteiger partial charge in [-0.1, -0.05) is 24.3 Å². The molecule has 9 nitrogen and oxygen atoms in total. The van der Waals surface area contributed by atoms with E-state index in [1.807, 2.05) is 13.8 Å². The molecule has 2 aromatic carbocycles. The maximum atomic E-state index is 13.0. The smallest absolute Gasteiger partial charge is 0.292 e. The van der Waals surface area contributed by atoms with Crippen molar-refractivity contribution in [1.29, 1.82) is 0 Å². The maximum Gasteiger partial charge on any atom is 0.292 e. The minimum absolute atomic E-state index is 0.0281. The first-order valence-electron chi connectivity index (χ1n) is 9.44. The van der Waals surface area contributed by atoms with E-state index in [1.165, 1.54) is 46.8 Å². The lowest BCUT2D eigenvalue weighted by atomic mass is 10.1. The third-order valence-corrected chi connectivity index (χ3v) is 6.55. The minimum atomic E-state index is -3.78. The first-order chi connectivity index (χ1) is 14.2. The number of nitro benzene ring substituents is 1. The number of nitrogens with one attached hydrogen (secondary N) is 1. The number of anilines is 1. The second-order valence-electron chi connectivity index (χ2n) is 7.16. The van der Waals surface area contributed by atoms with Gasteiger partial charge in [-0.3, -0.25) is 14.9 Å². The van der Waals surface area contributed by atoms with Gasteiger partial charge in [-0.05, 0) is 32.0 Å². The molecule has 0 bridgehead atoms. The summed E-state index contributed by atoms with van der Waals surface area (Å²) < 4.78 is 33.0. The van der Waals surface area contributed by atoms with E-state index in [1.54, 1.807) is 6.07 Å². The number of morpholine rings is 1. The quantitative estimate of drug-likeness (QED) is 0.405. The van der Waals surface area contributed by atoms with Crippen molar-refractivity contribution in [3.8, 4) is 0 Å². The van der Waals surface area contributed by atoms with E-state index in [2.05, 4.69) is 5.32 Å². The highest BCUT2D eigenvalue weighted by Crippen LogP contribution is 2.24. The van der Waals surface area contributed by atoms with E-state index >= 15 is 0 Å². The number of nitro groups is 1. The minimum Gasteiger partial charge on any atom is -0.373 e. The fraction of sp³-hybridized carbons (Fsp3) is 0.350. The van der Waals surface area contributed by atoms with E-state index < -0.39 is 14.9 Å². The number of ketones is 1. The largest absolute Gasteiger partial charge is 0.373 e. The van der Waals surface area contributed by atoms with Crippen LogP contribution in [-0.4, -0.2) is 55.3 Å². The molecule has 1 saturated heterocycles. The molecule has 0 spiro atoms. The Bertz CT molecular complexity index is 1050. The highest BCUT2D eigenvalue weighted by Gasteiger charge is 2.32. The van der Waals surface area contributed by atoms with Gasteiger partial charge in [0.1, 0.15) is 5.69 Å². The van der Waals surface area contributed by atoms with Gasteiger partial charge in [0, 0.05) is 24.7 Å². The number of carbonyl (C=O) groups is 1. The molecular formula is C20H23N3O6S. The second kappa shape index (κ2) is 8.90. The molecule has 160 valence electrons. The normalized spacial score (nSPS) is 19.9. The monoisotopic (exact) mass is 433 g/mol. The Hall–Kier alpha value is -2.82. The Kier molecular flexibility index (Phi) is 6.49. The molecule has 0 radical (unpaired) electrons. The number of ether oxygens (including phenoxy) is 1. The van der Waals surface area contributed by atoms with Crippen molar-refractivity contribution in [3.05, 3.63) is 64.2 Å². The Morgan fingerprint density at radius 1 is 1.17 bits per heavy atom. The molecule has 10 heteroatoms. The Balaban J connectivity index is 1.76. The number of rotatable bonds is 7. The molecule has 1 heterocycles. The van der Waals surface area contributed by atoms with Crippen LogP contribution < -0.4 is 5.32 Å². The van der Waals surface area contributed by atoms with Gasteiger partial charge in [0.2, 0.25) is 10.0 Å². The zero-order valence-corrected chi connectivity index (χ0v) is 17.5. The average molecular weight is 433 g/mol. The van der Waals surface area contributed by atoms with Gasteiger partial charge < -0.3 is 10.1 Å². The first-order valence-corrected chi connectivity index (χ1v) is 10.9. The van der Waals surface area contributed by atoms with Gasteiger partial charge in [0.05, 0.1) is 28.6 Å². The van der Waals surface area contributed by atoms with Crippen LogP contribution in [0.3, 0.4) is 0 Å². The topological polar surface area (TPSA) is 119 Å². The van der Waals surface area contributed by atoms with Crippen molar-refractivity contribution in [2.24, 2.45) is 0 Å². The number of sulfonamides is 1. The maximum absolute atomic E-state index is 13.0. The highest BCUT2D eigenvalue weighted by molar-refractivity contribution is 7.89. The molecule has 0 saturated carbocycles. The summed E-state index contributed by atoms with van der Waals surface area (Å²) in [6.45, 7) is 3.90. The molecular weight excluding hydrogens is 410 g/mol. The van der Waals surface area contributed by atoms with Gasteiger partial charge in [-0.2, -0.15) is 4.31 Å². The lowest BCUT2D eigenvalue weighted by molar-refractivity contribution is -0.383. The van der Waals surface area contributed by atoms with E-state index in [9.17, 15) is 23.3 Å². The predicted molar refractivity (Wildman–Crippen MR) is 111 cm³/mol. The van der Waals surface area contributed by atoms with Crippen LogP contribution >= 0.6 is 0 Å². The molecule has 0 aromatic heterocycles. The molecule has 1 aliphatic heterocycles. The Labute approximate surface area is 174 Å². The average Bonchev–Trinajstić information content (AvgIpc) is 2.71. The molecule has 0 aliphatic carbocycles. The van der Waals surface area contributed by atoms with Crippen LogP contribution in [-0.2, 0) is 14.8 Å². The van der Waals surface area contributed by atoms with Crippen molar-refractivity contribution in [2.45, 2.75) is 31.0 Å². The molecule has 1 aliphatic rings. The first kappa shape index (κ1) is 21.9. The second-order valence-corrected chi connectivity index (χ2v) is 9.10. The lowest BCUT2D eigenvalue weighted by Gasteiger charge is -2.34. The van der Waals surface area contributed by atoms with Crippen molar-refractivity contribution < 1.29 is 22.9 Å². The SMILES string of the molecule is CC1CN(S(=O)(=O)c2cccc(C(=O)CNc3ccccc3[N+](=O)[O-])c2)CC(C)O1. The van der Waals surface area contributed by atoms with E-state index in [0.717, 1.165) is 0 Å². The summed E-state index contributed by atoms with van der Waals surface area (Å²) in [6, 6.07) is 11.8. The molecule has 1 fully saturated rings. The summed E-state index contributed by atoms with van der Waals surface area (Å²) >= 11 is 0. The summed E-state index contributed by atoms with van der Waals surface area (Å²) in [5.41, 5.74) is 0.282. The summed E-state index contributed by atoms with van der Waals surface area (Å²) in [7, 11) is -3.78. The molecule has 3 rings (SSSR count). The lowest BCUT2D eigenvalue weighted by Crippen LogP contribution is -2.48. The van der Waals surface area contributed by atoms with Gasteiger partial charge in [-0.15, -0.1) is 0 Å². The summed E-state index contributed by atoms with van der Waals surface area (Å²) in [4.78, 5) is 23.2. The Morgan fingerprint density at radius 3 is 2.50 bits per heavy atom. The molecule has 2 unspecified atom stereocenters. The van der Waals surface area contributed by atoms with Crippen molar-refractivity contribution in [3.63, 3.8) is 0 Å². The van der Waals surface area contributed by atoms with Crippen molar-refractivity contribution in [1.82, 2.24) is 4.31 Å². The number of carbonyl (C=O) groups excluding carboxylic acids is 1. The van der Waals surface area contributed by atoms with Crippen LogP contribution in [0.2, 0.25) is 0 Å². The van der Waals surface area contributed by atoms with Crippen LogP contribution in [0.1, 0.15) is 24.2 Å². The van der Waals surface area contributed by atoms with Crippen LogP contribution in [0.5, 0.6) is 0 Å². The fourth-order valence-electron chi connectivity index (χ4n) is 3.37. The number of hydrogen-bond donors (Lipinski definition) is 1. The van der Waals surface area contributed by atoms with Crippen LogP contribution in [0.4, 0.5) is 11.4 Å². The van der Waals surface area contributed by atoms with Gasteiger partial charge in [-0.25, -0.2) is 8.42 Å². The van der Waals surface area contributed by atoms with Crippen LogP contribution in [0, 0.1) is 10.1 Å². The fourth-order valence-corrected chi connectivity index (χ4v) is 5.00. The van der Waals surface area contributed by atoms with Gasteiger partial charge in [0.15, 0.2) is 5.78 Å². The van der Waals surface area contributed by atoms with Crippen LogP contribution in [0.25, 0.3) is 0 Å². The van der Waals surface area contributed by atoms with Gasteiger partial charge >= 0.3 is 0 Å². The summed E-state index contributed by atoms with van der Waals surface area (Å²) in [6.07, 6.45) is -0.446. The molecule has 2 atom stereocenters. The number of nitrogens with zero attached hydrogens (tertiary/aromatic N) is 2. The number of para-hydroxylation sites is 2. The van der Waals surface area contributed by atoms with E-state index in [-0.39, 0.29) is 59.5 Å². The van der Waals surface area contributed by atoms with Crippen molar-refractivity contribution >= 4 is 27.2 Å². The summed E-state index contributed by atoms with van der Waals surface area (Å²) in [5, 5.41) is 13.8. The van der Waals surface area contributed by atoms with Crippen molar-refractivity contribution in [2.75, 3.05) is 25.0 Å². The third-order valence-electron chi connectivity index (χ3n) is 4.72. The van der Waals surface area contributed by atoms with E-state index in [0.29, 0.717) is 0 Å². The molecule has 30 heavy (non-hydrogen) atoms. The molecule has 1 N–H and O–H groups in total. The van der Waals surface area contributed by atoms with E-state index in [4.69, 9.17) is 4.74 Å². The zero-order valence-electron chi connectivity index (χ0n) is 16.6.